The first-order valence-electron chi connectivity index (χ1n) is 5.15. The first-order chi connectivity index (χ1) is 6.79. The van der Waals surface area contributed by atoms with Crippen LogP contribution in [-0.4, -0.2) is 46.4 Å². The lowest BCUT2D eigenvalue weighted by molar-refractivity contribution is 0.102. The standard InChI is InChI=1S/C10H20N2O3/c1-10(2,3)8-7(11)6(5-13)4-12(8)9(14)15/h6-8,13H,4-5,11H2,1-3H3,(H,14,15). The van der Waals surface area contributed by atoms with Crippen LogP contribution < -0.4 is 5.73 Å². The van der Waals surface area contributed by atoms with Crippen LogP contribution in [0.3, 0.4) is 0 Å². The van der Waals surface area contributed by atoms with Gasteiger partial charge in [-0.25, -0.2) is 4.79 Å². The van der Waals surface area contributed by atoms with Gasteiger partial charge < -0.3 is 20.8 Å². The molecule has 1 aliphatic rings. The van der Waals surface area contributed by atoms with E-state index < -0.39 is 6.09 Å². The van der Waals surface area contributed by atoms with E-state index in [0.29, 0.717) is 6.54 Å². The molecule has 5 nitrogen and oxygen atoms in total. The molecular weight excluding hydrogens is 196 g/mol. The second kappa shape index (κ2) is 3.98. The van der Waals surface area contributed by atoms with Crippen LogP contribution in [0.2, 0.25) is 0 Å². The van der Waals surface area contributed by atoms with E-state index in [1.807, 2.05) is 20.8 Å². The van der Waals surface area contributed by atoms with Crippen LogP contribution in [-0.2, 0) is 0 Å². The smallest absolute Gasteiger partial charge is 0.407 e. The van der Waals surface area contributed by atoms with E-state index in [4.69, 9.17) is 15.9 Å². The summed E-state index contributed by atoms with van der Waals surface area (Å²) >= 11 is 0. The van der Waals surface area contributed by atoms with Gasteiger partial charge in [-0.2, -0.15) is 0 Å². The summed E-state index contributed by atoms with van der Waals surface area (Å²) < 4.78 is 0. The Hall–Kier alpha value is -0.810. The minimum atomic E-state index is -0.957. The number of carboxylic acid groups (broad SMARTS) is 1. The van der Waals surface area contributed by atoms with Crippen molar-refractivity contribution in [3.8, 4) is 0 Å². The number of rotatable bonds is 1. The van der Waals surface area contributed by atoms with Crippen LogP contribution >= 0.6 is 0 Å². The third kappa shape index (κ3) is 2.23. The van der Waals surface area contributed by atoms with Crippen molar-refractivity contribution in [3.05, 3.63) is 0 Å². The summed E-state index contributed by atoms with van der Waals surface area (Å²) in [6.07, 6.45) is -0.957. The molecule has 1 rings (SSSR count). The number of hydrogen-bond donors (Lipinski definition) is 3. The van der Waals surface area contributed by atoms with Crippen LogP contribution in [0.4, 0.5) is 4.79 Å². The van der Waals surface area contributed by atoms with Gasteiger partial charge in [0.2, 0.25) is 0 Å². The molecule has 0 aromatic heterocycles. The first kappa shape index (κ1) is 12.3. The van der Waals surface area contributed by atoms with Gasteiger partial charge in [0.25, 0.3) is 0 Å². The molecule has 1 aliphatic heterocycles. The molecule has 0 aliphatic carbocycles. The van der Waals surface area contributed by atoms with Gasteiger partial charge in [0, 0.05) is 25.1 Å². The molecule has 0 saturated carbocycles. The highest BCUT2D eigenvalue weighted by atomic mass is 16.4. The lowest BCUT2D eigenvalue weighted by Gasteiger charge is -2.35. The van der Waals surface area contributed by atoms with Crippen LogP contribution in [0.25, 0.3) is 0 Å². The highest BCUT2D eigenvalue weighted by molar-refractivity contribution is 5.66. The molecule has 1 fully saturated rings. The van der Waals surface area contributed by atoms with Gasteiger partial charge in [0.1, 0.15) is 0 Å². The van der Waals surface area contributed by atoms with E-state index in [1.54, 1.807) is 0 Å². The van der Waals surface area contributed by atoms with E-state index in [1.165, 1.54) is 4.90 Å². The lowest BCUT2D eigenvalue weighted by atomic mass is 9.81. The minimum absolute atomic E-state index is 0.0580. The fraction of sp³-hybridized carbons (Fsp3) is 0.900. The van der Waals surface area contributed by atoms with E-state index in [9.17, 15) is 4.79 Å². The number of aliphatic hydroxyl groups is 1. The zero-order valence-corrected chi connectivity index (χ0v) is 9.47. The number of amides is 1. The van der Waals surface area contributed by atoms with Gasteiger partial charge in [-0.3, -0.25) is 0 Å². The number of hydrogen-bond acceptors (Lipinski definition) is 3. The van der Waals surface area contributed by atoms with E-state index in [-0.39, 0.29) is 30.0 Å². The number of nitrogens with two attached hydrogens (primary N) is 1. The molecule has 4 N–H and O–H groups in total. The second-order valence-corrected chi connectivity index (χ2v) is 5.27. The van der Waals surface area contributed by atoms with Gasteiger partial charge in [-0.1, -0.05) is 20.8 Å². The van der Waals surface area contributed by atoms with Crippen LogP contribution in [0.15, 0.2) is 0 Å². The molecule has 0 aromatic carbocycles. The number of nitrogens with zero attached hydrogens (tertiary/aromatic N) is 1. The Bertz CT molecular complexity index is 250. The largest absolute Gasteiger partial charge is 0.465 e. The summed E-state index contributed by atoms with van der Waals surface area (Å²) in [5.74, 6) is -0.148. The van der Waals surface area contributed by atoms with E-state index in [0.717, 1.165) is 0 Å². The van der Waals surface area contributed by atoms with Gasteiger partial charge in [-0.05, 0) is 5.41 Å². The average Bonchev–Trinajstić information content (AvgIpc) is 2.41. The highest BCUT2D eigenvalue weighted by Crippen LogP contribution is 2.34. The van der Waals surface area contributed by atoms with Crippen LogP contribution in [0.5, 0.6) is 0 Å². The summed E-state index contributed by atoms with van der Waals surface area (Å²) in [6.45, 7) is 6.17. The SMILES string of the molecule is CC(C)(C)C1C(N)C(CO)CN1C(=O)O. The Morgan fingerprint density at radius 3 is 2.33 bits per heavy atom. The Labute approximate surface area is 89.9 Å². The van der Waals surface area contributed by atoms with Crippen LogP contribution in [0, 0.1) is 11.3 Å². The number of aliphatic hydroxyl groups excluding tert-OH is 1. The summed E-state index contributed by atoms with van der Waals surface area (Å²) in [5, 5.41) is 18.2. The second-order valence-electron chi connectivity index (χ2n) is 5.27. The molecule has 1 heterocycles. The predicted molar refractivity (Wildman–Crippen MR) is 56.5 cm³/mol. The van der Waals surface area contributed by atoms with Crippen molar-refractivity contribution in [1.82, 2.24) is 4.90 Å². The van der Waals surface area contributed by atoms with Crippen molar-refractivity contribution in [1.29, 1.82) is 0 Å². The fourth-order valence-electron chi connectivity index (χ4n) is 2.37. The Morgan fingerprint density at radius 2 is 2.07 bits per heavy atom. The molecule has 1 saturated heterocycles. The normalized spacial score (nSPS) is 32.1. The molecule has 88 valence electrons. The molecule has 3 atom stereocenters. The van der Waals surface area contributed by atoms with Gasteiger partial charge in [0.05, 0.1) is 6.04 Å². The van der Waals surface area contributed by atoms with E-state index in [2.05, 4.69) is 0 Å². The minimum Gasteiger partial charge on any atom is -0.465 e. The predicted octanol–water partition coefficient (Wildman–Crippen LogP) is 0.331. The summed E-state index contributed by atoms with van der Waals surface area (Å²) in [7, 11) is 0. The summed E-state index contributed by atoms with van der Waals surface area (Å²) in [6, 6.07) is -0.516. The maximum atomic E-state index is 11.1. The Kier molecular flexibility index (Phi) is 3.25. The third-order valence-corrected chi connectivity index (χ3v) is 3.04. The lowest BCUT2D eigenvalue weighted by Crippen LogP contribution is -2.50. The van der Waals surface area contributed by atoms with Crippen molar-refractivity contribution in [2.75, 3.05) is 13.2 Å². The molecule has 0 bridgehead atoms. The third-order valence-electron chi connectivity index (χ3n) is 3.04. The first-order valence-corrected chi connectivity index (χ1v) is 5.15. The van der Waals surface area contributed by atoms with E-state index >= 15 is 0 Å². The quantitative estimate of drug-likeness (QED) is 0.589. The molecule has 5 heteroatoms. The molecule has 3 unspecified atom stereocenters. The van der Waals surface area contributed by atoms with Crippen molar-refractivity contribution >= 4 is 6.09 Å². The maximum absolute atomic E-state index is 11.1. The molecule has 0 aromatic rings. The van der Waals surface area contributed by atoms with Crippen molar-refractivity contribution < 1.29 is 15.0 Å². The fourth-order valence-corrected chi connectivity index (χ4v) is 2.37. The van der Waals surface area contributed by atoms with Crippen molar-refractivity contribution in [3.63, 3.8) is 0 Å². The Balaban J connectivity index is 2.94. The molecule has 0 radical (unpaired) electrons. The zero-order chi connectivity index (χ0) is 11.8. The number of carbonyl (C=O) groups is 1. The van der Waals surface area contributed by atoms with Crippen molar-refractivity contribution in [2.24, 2.45) is 17.1 Å². The van der Waals surface area contributed by atoms with Gasteiger partial charge in [-0.15, -0.1) is 0 Å². The van der Waals surface area contributed by atoms with Crippen molar-refractivity contribution in [2.45, 2.75) is 32.9 Å². The average molecular weight is 216 g/mol. The Morgan fingerprint density at radius 1 is 1.53 bits per heavy atom. The highest BCUT2D eigenvalue weighted by Gasteiger charge is 2.47. The molecule has 15 heavy (non-hydrogen) atoms. The maximum Gasteiger partial charge on any atom is 0.407 e. The van der Waals surface area contributed by atoms with Gasteiger partial charge in [0.15, 0.2) is 0 Å². The zero-order valence-electron chi connectivity index (χ0n) is 9.47. The van der Waals surface area contributed by atoms with Crippen LogP contribution in [0.1, 0.15) is 20.8 Å². The number of likely N-dealkylation sites (tertiary alicyclic amines) is 1. The topological polar surface area (TPSA) is 86.8 Å². The molecular formula is C10H20N2O3. The summed E-state index contributed by atoms with van der Waals surface area (Å²) in [4.78, 5) is 12.4. The van der Waals surface area contributed by atoms with Gasteiger partial charge >= 0.3 is 6.09 Å². The molecule has 0 spiro atoms. The molecule has 1 amide bonds. The monoisotopic (exact) mass is 216 g/mol. The summed E-state index contributed by atoms with van der Waals surface area (Å²) in [5.41, 5.74) is 5.78.